The minimum atomic E-state index is -0.771. The first-order valence-electron chi connectivity index (χ1n) is 11.8. The number of benzene rings is 2. The van der Waals surface area contributed by atoms with Gasteiger partial charge in [-0.15, -0.1) is 0 Å². The molecule has 8 heteroatoms. The summed E-state index contributed by atoms with van der Waals surface area (Å²) in [6, 6.07) is 13.5. The molecule has 2 aromatic carbocycles. The minimum Gasteiger partial charge on any atom is -0.508 e. The van der Waals surface area contributed by atoms with Gasteiger partial charge in [0, 0.05) is 18.2 Å². The number of nitrogens with zero attached hydrogens (tertiary/aromatic N) is 1. The van der Waals surface area contributed by atoms with Crippen molar-refractivity contribution >= 4 is 5.97 Å². The highest BCUT2D eigenvalue weighted by atomic mass is 16.5. The second kappa shape index (κ2) is 11.7. The van der Waals surface area contributed by atoms with Crippen LogP contribution in [0.1, 0.15) is 48.6 Å². The zero-order valence-electron chi connectivity index (χ0n) is 21.3. The Hall–Kier alpha value is -3.94. The number of carbonyl (C=O) groups is 1. The summed E-state index contributed by atoms with van der Waals surface area (Å²) < 4.78 is 17.8. The van der Waals surface area contributed by atoms with Crippen molar-refractivity contribution in [2.45, 2.75) is 52.2 Å². The first kappa shape index (κ1) is 26.7. The molecule has 36 heavy (non-hydrogen) atoms. The van der Waals surface area contributed by atoms with E-state index in [1.165, 1.54) is 20.3 Å². The zero-order valence-corrected chi connectivity index (χ0v) is 21.3. The molecule has 0 aliphatic carbocycles. The molecule has 3 rings (SSSR count). The van der Waals surface area contributed by atoms with E-state index in [1.54, 1.807) is 54.0 Å². The van der Waals surface area contributed by atoms with Gasteiger partial charge in [-0.25, -0.2) is 0 Å². The van der Waals surface area contributed by atoms with E-state index in [-0.39, 0.29) is 35.1 Å². The maximum atomic E-state index is 13.7. The summed E-state index contributed by atoms with van der Waals surface area (Å²) in [6.45, 7) is 5.91. The van der Waals surface area contributed by atoms with E-state index in [2.05, 4.69) is 0 Å². The summed E-state index contributed by atoms with van der Waals surface area (Å²) in [5.74, 6) is -0.314. The summed E-state index contributed by atoms with van der Waals surface area (Å²) in [6.07, 6.45) is 0.327. The number of esters is 1. The van der Waals surface area contributed by atoms with Gasteiger partial charge in [0.25, 0.3) is 5.56 Å². The fourth-order valence-corrected chi connectivity index (χ4v) is 4.17. The van der Waals surface area contributed by atoms with Gasteiger partial charge in [-0.05, 0) is 68.7 Å². The predicted molar refractivity (Wildman–Crippen MR) is 136 cm³/mol. The molecule has 1 atom stereocenters. The number of methoxy groups -OCH3 is 2. The molecule has 0 saturated carbocycles. The number of phenols is 1. The number of hydrogen-bond donors (Lipinski definition) is 2. The number of phenolic OH excluding ortho intramolecular Hbond substituents is 1. The van der Waals surface area contributed by atoms with Gasteiger partial charge in [0.15, 0.2) is 11.5 Å². The highest BCUT2D eigenvalue weighted by Gasteiger charge is 2.27. The lowest BCUT2D eigenvalue weighted by atomic mass is 9.88. The number of aryl methyl sites for hydroxylation is 2. The number of rotatable bonds is 10. The van der Waals surface area contributed by atoms with Gasteiger partial charge in [-0.3, -0.25) is 9.59 Å². The van der Waals surface area contributed by atoms with Crippen LogP contribution in [0.3, 0.4) is 0 Å². The van der Waals surface area contributed by atoms with E-state index in [9.17, 15) is 19.8 Å². The molecule has 0 amide bonds. The molecule has 0 spiro atoms. The molecule has 192 valence electrons. The van der Waals surface area contributed by atoms with Crippen LogP contribution in [0.4, 0.5) is 0 Å². The van der Waals surface area contributed by atoms with Crippen LogP contribution in [0, 0.1) is 6.92 Å². The summed E-state index contributed by atoms with van der Waals surface area (Å²) in [7, 11) is 2.80. The predicted octanol–water partition coefficient (Wildman–Crippen LogP) is 4.30. The molecule has 0 bridgehead atoms. The van der Waals surface area contributed by atoms with E-state index in [1.807, 2.05) is 13.8 Å². The highest BCUT2D eigenvalue weighted by molar-refractivity contribution is 5.71. The van der Waals surface area contributed by atoms with Crippen molar-refractivity contribution in [3.63, 3.8) is 0 Å². The molecule has 0 aliphatic heterocycles. The van der Waals surface area contributed by atoms with E-state index in [4.69, 9.17) is 14.2 Å². The summed E-state index contributed by atoms with van der Waals surface area (Å²) in [5.41, 5.74) is 1.87. The summed E-state index contributed by atoms with van der Waals surface area (Å²) in [5, 5.41) is 20.4. The molecular formula is C28H33NO7. The quantitative estimate of drug-likeness (QED) is 0.404. The normalized spacial score (nSPS) is 11.8. The second-order valence-electron chi connectivity index (χ2n) is 8.87. The Labute approximate surface area is 210 Å². The summed E-state index contributed by atoms with van der Waals surface area (Å²) in [4.78, 5) is 26.1. The van der Waals surface area contributed by atoms with Crippen molar-refractivity contribution in [1.29, 1.82) is 0 Å². The monoisotopic (exact) mass is 495 g/mol. The lowest BCUT2D eigenvalue weighted by Crippen LogP contribution is -2.29. The molecule has 0 unspecified atom stereocenters. The third kappa shape index (κ3) is 6.19. The van der Waals surface area contributed by atoms with Crippen LogP contribution in [0.15, 0.2) is 53.3 Å². The van der Waals surface area contributed by atoms with Gasteiger partial charge in [0.1, 0.15) is 11.5 Å². The lowest BCUT2D eigenvalue weighted by Gasteiger charge is -2.22. The van der Waals surface area contributed by atoms with E-state index in [0.717, 1.165) is 5.56 Å². The van der Waals surface area contributed by atoms with Crippen LogP contribution >= 0.6 is 0 Å². The van der Waals surface area contributed by atoms with Crippen LogP contribution in [0.2, 0.25) is 0 Å². The number of ether oxygens (including phenoxy) is 3. The number of pyridine rings is 1. The fourth-order valence-electron chi connectivity index (χ4n) is 4.17. The molecule has 0 radical (unpaired) electrons. The second-order valence-corrected chi connectivity index (χ2v) is 8.87. The summed E-state index contributed by atoms with van der Waals surface area (Å²) >= 11 is 0. The molecule has 0 aliphatic rings. The van der Waals surface area contributed by atoms with Gasteiger partial charge in [0.05, 0.1) is 32.3 Å². The molecule has 0 saturated heterocycles. The van der Waals surface area contributed by atoms with Crippen molar-refractivity contribution < 1.29 is 29.2 Å². The first-order valence-corrected chi connectivity index (χ1v) is 11.8. The van der Waals surface area contributed by atoms with E-state index in [0.29, 0.717) is 35.7 Å². The van der Waals surface area contributed by atoms with E-state index < -0.39 is 11.9 Å². The zero-order chi connectivity index (χ0) is 26.4. The maximum Gasteiger partial charge on any atom is 0.306 e. The Morgan fingerprint density at radius 2 is 1.69 bits per heavy atom. The maximum absolute atomic E-state index is 13.7. The number of aromatic hydroxyl groups is 2. The lowest BCUT2D eigenvalue weighted by molar-refractivity contribution is -0.140. The topological polar surface area (TPSA) is 107 Å². The molecule has 2 N–H and O–H groups in total. The Kier molecular flexibility index (Phi) is 8.64. The van der Waals surface area contributed by atoms with E-state index >= 15 is 0 Å². The van der Waals surface area contributed by atoms with Crippen molar-refractivity contribution in [1.82, 2.24) is 4.57 Å². The standard InChI is InChI=1S/C28H33NO7/c1-17(2)36-24-11-8-20(15-25(24)34-4)22(16-26(32)35-5)27-23(31)14-18(3)29(28(27)33)13-12-19-6-9-21(30)10-7-19/h6-11,14-15,17,22,30-31H,12-13,16H2,1-5H3/t22-/m1/s1. The Balaban J connectivity index is 2.07. The van der Waals surface area contributed by atoms with Crippen molar-refractivity contribution in [3.8, 4) is 23.0 Å². The van der Waals surface area contributed by atoms with Crippen molar-refractivity contribution in [2.75, 3.05) is 14.2 Å². The van der Waals surface area contributed by atoms with Gasteiger partial charge in [-0.1, -0.05) is 18.2 Å². The van der Waals surface area contributed by atoms with Gasteiger partial charge < -0.3 is 29.0 Å². The molecule has 1 aromatic heterocycles. The van der Waals surface area contributed by atoms with Crippen LogP contribution in [0.5, 0.6) is 23.0 Å². The van der Waals surface area contributed by atoms with Gasteiger partial charge in [0.2, 0.25) is 0 Å². The molecule has 8 nitrogen and oxygen atoms in total. The fraction of sp³-hybridized carbons (Fsp3) is 0.357. The molecule has 3 aromatic rings. The molecule has 0 fully saturated rings. The number of aromatic nitrogens is 1. The van der Waals surface area contributed by atoms with Crippen LogP contribution in [-0.2, 0) is 22.5 Å². The SMILES string of the molecule is COC(=O)C[C@H](c1ccc(OC(C)C)c(OC)c1)c1c(O)cc(C)n(CCc2ccc(O)cc2)c1=O. The smallest absolute Gasteiger partial charge is 0.306 e. The minimum absolute atomic E-state index is 0.0717. The van der Waals surface area contributed by atoms with Gasteiger partial charge >= 0.3 is 5.97 Å². The van der Waals surface area contributed by atoms with Gasteiger partial charge in [-0.2, -0.15) is 0 Å². The largest absolute Gasteiger partial charge is 0.508 e. The molecule has 1 heterocycles. The average Bonchev–Trinajstić information content (AvgIpc) is 2.84. The third-order valence-corrected chi connectivity index (χ3v) is 5.98. The number of hydrogen-bond acceptors (Lipinski definition) is 7. The van der Waals surface area contributed by atoms with Crippen LogP contribution in [0.25, 0.3) is 0 Å². The van der Waals surface area contributed by atoms with Crippen molar-refractivity contribution in [3.05, 3.63) is 81.3 Å². The molecular weight excluding hydrogens is 462 g/mol. The highest BCUT2D eigenvalue weighted by Crippen LogP contribution is 2.37. The average molecular weight is 496 g/mol. The third-order valence-electron chi connectivity index (χ3n) is 5.98. The Bertz CT molecular complexity index is 1260. The Morgan fingerprint density at radius 3 is 2.31 bits per heavy atom. The van der Waals surface area contributed by atoms with Crippen LogP contribution in [-0.4, -0.2) is 41.1 Å². The first-order chi connectivity index (χ1) is 17.1. The van der Waals surface area contributed by atoms with Crippen LogP contribution < -0.4 is 15.0 Å². The van der Waals surface area contributed by atoms with Crippen molar-refractivity contribution in [2.24, 2.45) is 0 Å². The number of carbonyl (C=O) groups excluding carboxylic acids is 1. The Morgan fingerprint density at radius 1 is 1.00 bits per heavy atom.